The summed E-state index contributed by atoms with van der Waals surface area (Å²) in [6.45, 7) is 0.452. The molecule has 2 N–H and O–H groups in total. The van der Waals surface area contributed by atoms with Gasteiger partial charge in [-0.2, -0.15) is 13.2 Å². The molecular weight excluding hydrogens is 391 g/mol. The van der Waals surface area contributed by atoms with Gasteiger partial charge in [0.2, 0.25) is 0 Å². The largest absolute Gasteiger partial charge is 0.416 e. The number of benzene rings is 1. The van der Waals surface area contributed by atoms with E-state index >= 15 is 0 Å². The predicted molar refractivity (Wildman–Crippen MR) is 103 cm³/mol. The van der Waals surface area contributed by atoms with Crippen molar-refractivity contribution in [1.82, 2.24) is 10.6 Å². The Labute approximate surface area is 163 Å². The highest BCUT2D eigenvalue weighted by molar-refractivity contribution is 7.91. The van der Waals surface area contributed by atoms with Gasteiger partial charge < -0.3 is 10.6 Å². The topological polar surface area (TPSA) is 70.6 Å². The molecule has 1 aliphatic carbocycles. The normalized spacial score (nSPS) is 24.3. The molecule has 2 fully saturated rings. The lowest BCUT2D eigenvalue weighted by molar-refractivity contribution is -0.137. The molecule has 1 unspecified atom stereocenters. The molecule has 1 atom stereocenters. The van der Waals surface area contributed by atoms with Gasteiger partial charge in [0.25, 0.3) is 0 Å². The first-order valence-electron chi connectivity index (χ1n) is 9.49. The van der Waals surface area contributed by atoms with Crippen molar-refractivity contribution in [3.8, 4) is 0 Å². The number of sulfone groups is 1. The Balaban J connectivity index is 1.72. The molecule has 5 nitrogen and oxygen atoms in total. The molecular formula is C19H26F3N3O2S. The van der Waals surface area contributed by atoms with E-state index in [-0.39, 0.29) is 23.0 Å². The second-order valence-corrected chi connectivity index (χ2v) is 9.96. The SMILES string of the molecule is CN=C(NCC1(c2cccc(C(F)(F)F)c2)CCCC1)NC1CCS(=O)(=O)C1. The zero-order valence-corrected chi connectivity index (χ0v) is 16.7. The minimum Gasteiger partial charge on any atom is -0.356 e. The molecule has 1 saturated carbocycles. The van der Waals surface area contributed by atoms with Crippen molar-refractivity contribution in [3.05, 3.63) is 35.4 Å². The van der Waals surface area contributed by atoms with E-state index in [0.717, 1.165) is 31.7 Å². The summed E-state index contributed by atoms with van der Waals surface area (Å²) in [4.78, 5) is 4.16. The van der Waals surface area contributed by atoms with Gasteiger partial charge in [0, 0.05) is 25.0 Å². The first-order chi connectivity index (χ1) is 13.1. The number of hydrogen-bond acceptors (Lipinski definition) is 3. The first kappa shape index (κ1) is 21.0. The molecule has 0 radical (unpaired) electrons. The van der Waals surface area contributed by atoms with Crippen molar-refractivity contribution in [3.63, 3.8) is 0 Å². The molecule has 9 heteroatoms. The fraction of sp³-hybridized carbons (Fsp3) is 0.632. The van der Waals surface area contributed by atoms with Crippen LogP contribution in [-0.4, -0.2) is 45.5 Å². The molecule has 1 saturated heterocycles. The van der Waals surface area contributed by atoms with E-state index in [1.807, 2.05) is 0 Å². The third-order valence-corrected chi connectivity index (χ3v) is 7.52. The molecule has 1 aromatic rings. The smallest absolute Gasteiger partial charge is 0.356 e. The average Bonchev–Trinajstić information content (AvgIpc) is 3.25. The molecule has 0 bridgehead atoms. The monoisotopic (exact) mass is 417 g/mol. The van der Waals surface area contributed by atoms with Crippen LogP contribution in [0.3, 0.4) is 0 Å². The van der Waals surface area contributed by atoms with Crippen LogP contribution in [0.25, 0.3) is 0 Å². The maximum Gasteiger partial charge on any atom is 0.416 e. The third kappa shape index (κ3) is 4.79. The summed E-state index contributed by atoms with van der Waals surface area (Å²) in [5.41, 5.74) is -0.332. The molecule has 0 amide bonds. The molecule has 1 aromatic carbocycles. The zero-order chi connectivity index (χ0) is 20.4. The summed E-state index contributed by atoms with van der Waals surface area (Å²) < 4.78 is 62.7. The Hall–Kier alpha value is -1.77. The van der Waals surface area contributed by atoms with Crippen LogP contribution in [0.2, 0.25) is 0 Å². The molecule has 2 aliphatic rings. The molecule has 3 rings (SSSR count). The van der Waals surface area contributed by atoms with Crippen molar-refractivity contribution in [2.75, 3.05) is 25.1 Å². The Morgan fingerprint density at radius 3 is 2.57 bits per heavy atom. The standard InChI is InChI=1S/C19H26F3N3O2S/c1-23-17(25-16-7-10-28(26,27)12-16)24-13-18(8-2-3-9-18)14-5-4-6-15(11-14)19(20,21)22/h4-6,11,16H,2-3,7-10,12-13H2,1H3,(H2,23,24,25). The van der Waals surface area contributed by atoms with Crippen LogP contribution in [0, 0.1) is 0 Å². The van der Waals surface area contributed by atoms with Crippen LogP contribution in [0.4, 0.5) is 13.2 Å². The Morgan fingerprint density at radius 1 is 1.29 bits per heavy atom. The number of rotatable bonds is 4. The van der Waals surface area contributed by atoms with E-state index in [4.69, 9.17) is 0 Å². The third-order valence-electron chi connectivity index (χ3n) is 5.75. The highest BCUT2D eigenvalue weighted by Gasteiger charge is 2.38. The molecule has 0 aromatic heterocycles. The van der Waals surface area contributed by atoms with Crippen molar-refractivity contribution >= 4 is 15.8 Å². The fourth-order valence-corrected chi connectivity index (χ4v) is 5.87. The first-order valence-corrected chi connectivity index (χ1v) is 11.3. The second-order valence-electron chi connectivity index (χ2n) is 7.74. The lowest BCUT2D eigenvalue weighted by Gasteiger charge is -2.31. The zero-order valence-electron chi connectivity index (χ0n) is 15.8. The number of nitrogens with zero attached hydrogens (tertiary/aromatic N) is 1. The fourth-order valence-electron chi connectivity index (χ4n) is 4.19. The average molecular weight is 417 g/mol. The highest BCUT2D eigenvalue weighted by Crippen LogP contribution is 2.42. The maximum absolute atomic E-state index is 13.1. The van der Waals surface area contributed by atoms with Crippen molar-refractivity contribution < 1.29 is 21.6 Å². The van der Waals surface area contributed by atoms with Crippen molar-refractivity contribution in [1.29, 1.82) is 0 Å². The summed E-state index contributed by atoms with van der Waals surface area (Å²) in [6.07, 6.45) is -0.307. The van der Waals surface area contributed by atoms with Crippen molar-refractivity contribution in [2.24, 2.45) is 4.99 Å². The van der Waals surface area contributed by atoms with Crippen LogP contribution in [-0.2, 0) is 21.4 Å². The predicted octanol–water partition coefficient (Wildman–Crippen LogP) is 2.87. The lowest BCUT2D eigenvalue weighted by atomic mass is 9.78. The molecule has 156 valence electrons. The van der Waals surface area contributed by atoms with E-state index in [2.05, 4.69) is 15.6 Å². The minimum atomic E-state index is -4.37. The van der Waals surface area contributed by atoms with Gasteiger partial charge in [0.15, 0.2) is 15.8 Å². The van der Waals surface area contributed by atoms with Gasteiger partial charge in [-0.3, -0.25) is 4.99 Å². The van der Waals surface area contributed by atoms with Crippen LogP contribution in [0.15, 0.2) is 29.3 Å². The number of alkyl halides is 3. The summed E-state index contributed by atoms with van der Waals surface area (Å²) >= 11 is 0. The maximum atomic E-state index is 13.1. The van der Waals surface area contributed by atoms with E-state index < -0.39 is 21.6 Å². The van der Waals surface area contributed by atoms with E-state index in [0.29, 0.717) is 24.5 Å². The van der Waals surface area contributed by atoms with Gasteiger partial charge >= 0.3 is 6.18 Å². The van der Waals surface area contributed by atoms with E-state index in [9.17, 15) is 21.6 Å². The van der Waals surface area contributed by atoms with Gasteiger partial charge in [-0.25, -0.2) is 8.42 Å². The number of halogens is 3. The summed E-state index contributed by atoms with van der Waals surface area (Å²) in [5.74, 6) is 0.725. The summed E-state index contributed by atoms with van der Waals surface area (Å²) in [7, 11) is -1.40. The number of guanidine groups is 1. The lowest BCUT2D eigenvalue weighted by Crippen LogP contribution is -2.48. The van der Waals surface area contributed by atoms with Crippen LogP contribution in [0.1, 0.15) is 43.2 Å². The summed E-state index contributed by atoms with van der Waals surface area (Å²) in [5, 5.41) is 6.36. The Morgan fingerprint density at radius 2 is 2.00 bits per heavy atom. The Kier molecular flexibility index (Phi) is 5.93. The molecule has 1 aliphatic heterocycles. The van der Waals surface area contributed by atoms with E-state index in [1.54, 1.807) is 13.1 Å². The number of nitrogens with one attached hydrogen (secondary N) is 2. The van der Waals surface area contributed by atoms with Gasteiger partial charge in [-0.1, -0.05) is 31.0 Å². The molecule has 28 heavy (non-hydrogen) atoms. The van der Waals surface area contributed by atoms with Crippen LogP contribution in [0.5, 0.6) is 0 Å². The van der Waals surface area contributed by atoms with Gasteiger partial charge in [-0.05, 0) is 30.9 Å². The summed E-state index contributed by atoms with van der Waals surface area (Å²) in [6, 6.07) is 5.40. The van der Waals surface area contributed by atoms with E-state index in [1.165, 1.54) is 12.1 Å². The number of hydrogen-bond donors (Lipinski definition) is 2. The van der Waals surface area contributed by atoms with Gasteiger partial charge in [0.1, 0.15) is 0 Å². The van der Waals surface area contributed by atoms with Crippen LogP contribution >= 0.6 is 0 Å². The minimum absolute atomic E-state index is 0.0759. The molecule has 1 heterocycles. The Bertz CT molecular complexity index is 831. The quantitative estimate of drug-likeness (QED) is 0.584. The van der Waals surface area contributed by atoms with Crippen LogP contribution < -0.4 is 10.6 Å². The van der Waals surface area contributed by atoms with Gasteiger partial charge in [0.05, 0.1) is 17.1 Å². The van der Waals surface area contributed by atoms with Gasteiger partial charge in [-0.15, -0.1) is 0 Å². The number of aliphatic imine (C=N–C) groups is 1. The highest BCUT2D eigenvalue weighted by atomic mass is 32.2. The molecule has 0 spiro atoms. The van der Waals surface area contributed by atoms with Crippen molar-refractivity contribution in [2.45, 2.75) is 49.7 Å². The second kappa shape index (κ2) is 7.93.